The van der Waals surface area contributed by atoms with Crippen molar-refractivity contribution >= 4 is 42.1 Å². The van der Waals surface area contributed by atoms with Gasteiger partial charge < -0.3 is 15.1 Å². The van der Waals surface area contributed by atoms with Gasteiger partial charge in [-0.05, 0) is 37.8 Å². The number of halogens is 2. The van der Waals surface area contributed by atoms with Crippen molar-refractivity contribution in [1.82, 2.24) is 9.88 Å². The Hall–Kier alpha value is -1.08. The number of nitrogens with two attached hydrogens (primary N) is 1. The predicted octanol–water partition coefficient (Wildman–Crippen LogP) is 4.06. The first-order valence-electron chi connectivity index (χ1n) is 7.87. The minimum Gasteiger partial charge on any atom is -0.459 e. The third-order valence-corrected chi connectivity index (χ3v) is 5.70. The summed E-state index contributed by atoms with van der Waals surface area (Å²) in [5.41, 5.74) is 6.86. The summed E-state index contributed by atoms with van der Waals surface area (Å²) in [6.07, 6.45) is 0.834. The highest BCUT2D eigenvalue weighted by molar-refractivity contribution is 7.17. The molecule has 2 aromatic rings. The number of thiazole rings is 1. The number of hydrogen-bond donors (Lipinski definition) is 1. The van der Waals surface area contributed by atoms with Gasteiger partial charge in [-0.25, -0.2) is 4.98 Å². The van der Waals surface area contributed by atoms with Gasteiger partial charge in [0, 0.05) is 19.1 Å². The second-order valence-electron chi connectivity index (χ2n) is 6.95. The van der Waals surface area contributed by atoms with Crippen LogP contribution >= 0.6 is 36.2 Å². The Balaban J connectivity index is 0.00000156. The Morgan fingerprint density at radius 1 is 1.36 bits per heavy atom. The molecule has 1 amide bonds. The van der Waals surface area contributed by atoms with Crippen molar-refractivity contribution in [2.24, 2.45) is 11.1 Å². The number of aryl methyl sites for hydroxylation is 2. The van der Waals surface area contributed by atoms with Crippen molar-refractivity contribution < 1.29 is 9.21 Å². The second kappa shape index (κ2) is 8.08. The Kier molecular flexibility index (Phi) is 7.10. The Labute approximate surface area is 164 Å². The van der Waals surface area contributed by atoms with Crippen LogP contribution in [-0.2, 0) is 0 Å². The van der Waals surface area contributed by atoms with Crippen LogP contribution in [0.25, 0.3) is 10.8 Å². The van der Waals surface area contributed by atoms with Gasteiger partial charge in [0.1, 0.15) is 10.6 Å². The highest BCUT2D eigenvalue weighted by Gasteiger charge is 2.36. The summed E-state index contributed by atoms with van der Waals surface area (Å²) in [6.45, 7) is 9.40. The summed E-state index contributed by atoms with van der Waals surface area (Å²) in [5, 5.41) is 0.756. The lowest BCUT2D eigenvalue weighted by Crippen LogP contribution is -2.53. The maximum atomic E-state index is 12.9. The normalized spacial score (nSPS) is 19.1. The fourth-order valence-corrected chi connectivity index (χ4v) is 3.94. The molecule has 1 aliphatic heterocycles. The quantitative estimate of drug-likeness (QED) is 0.816. The van der Waals surface area contributed by atoms with Crippen LogP contribution in [0.15, 0.2) is 16.5 Å². The molecule has 0 bridgehead atoms. The van der Waals surface area contributed by atoms with Gasteiger partial charge in [0.25, 0.3) is 5.91 Å². The third kappa shape index (κ3) is 4.37. The lowest BCUT2D eigenvalue weighted by atomic mass is 9.79. The molecule has 25 heavy (non-hydrogen) atoms. The number of furan rings is 1. The van der Waals surface area contributed by atoms with E-state index in [2.05, 4.69) is 18.8 Å². The van der Waals surface area contributed by atoms with E-state index in [-0.39, 0.29) is 42.2 Å². The summed E-state index contributed by atoms with van der Waals surface area (Å²) in [6, 6.07) is 3.93. The molecule has 5 nitrogen and oxygen atoms in total. The summed E-state index contributed by atoms with van der Waals surface area (Å²) in [4.78, 5) is 20.0. The molecule has 3 heterocycles. The number of carbonyl (C=O) groups excluding carboxylic acids is 1. The van der Waals surface area contributed by atoms with Crippen LogP contribution in [0, 0.1) is 19.3 Å². The van der Waals surface area contributed by atoms with Crippen molar-refractivity contribution in [3.63, 3.8) is 0 Å². The summed E-state index contributed by atoms with van der Waals surface area (Å²) < 4.78 is 5.62. The number of hydrogen-bond acceptors (Lipinski definition) is 5. The Morgan fingerprint density at radius 2 is 2.04 bits per heavy atom. The van der Waals surface area contributed by atoms with E-state index < -0.39 is 0 Å². The van der Waals surface area contributed by atoms with Gasteiger partial charge in [-0.2, -0.15) is 0 Å². The zero-order chi connectivity index (χ0) is 16.8. The number of nitrogens with zero attached hydrogens (tertiary/aromatic N) is 2. The van der Waals surface area contributed by atoms with Crippen molar-refractivity contribution in [1.29, 1.82) is 0 Å². The van der Waals surface area contributed by atoms with Crippen LogP contribution in [0.3, 0.4) is 0 Å². The zero-order valence-corrected chi connectivity index (χ0v) is 17.3. The van der Waals surface area contributed by atoms with E-state index in [1.807, 2.05) is 30.9 Å². The van der Waals surface area contributed by atoms with Crippen molar-refractivity contribution in [3.05, 3.63) is 28.5 Å². The van der Waals surface area contributed by atoms with E-state index in [0.717, 1.165) is 28.6 Å². The molecule has 1 aliphatic rings. The molecule has 1 atom stereocenters. The first kappa shape index (κ1) is 22.0. The van der Waals surface area contributed by atoms with Gasteiger partial charge in [0.15, 0.2) is 10.8 Å². The lowest BCUT2D eigenvalue weighted by molar-refractivity contribution is 0.0536. The number of aromatic nitrogens is 1. The van der Waals surface area contributed by atoms with Crippen molar-refractivity contribution in [2.45, 2.75) is 40.2 Å². The Bertz CT molecular complexity index is 742. The first-order valence-corrected chi connectivity index (χ1v) is 8.68. The monoisotopic (exact) mass is 405 g/mol. The number of piperidine rings is 1. The number of amides is 1. The lowest BCUT2D eigenvalue weighted by Gasteiger charge is -2.42. The van der Waals surface area contributed by atoms with Crippen molar-refractivity contribution in [2.75, 3.05) is 13.1 Å². The standard InChI is InChI=1S/C17H23N3O2S.2ClH/c1-10-5-6-12(22-10)15-19-11(2)14(23-15)16(21)20-8-7-13(18)17(3,4)9-20;;/h5-6,13H,7-9,18H2,1-4H3;2*1H. The minimum absolute atomic E-state index is 0. The van der Waals surface area contributed by atoms with E-state index in [1.165, 1.54) is 11.3 Å². The minimum atomic E-state index is -0.0620. The van der Waals surface area contributed by atoms with Crippen LogP contribution in [0.1, 0.15) is 41.4 Å². The summed E-state index contributed by atoms with van der Waals surface area (Å²) >= 11 is 1.40. The summed E-state index contributed by atoms with van der Waals surface area (Å²) in [5.74, 6) is 1.61. The predicted molar refractivity (Wildman–Crippen MR) is 106 cm³/mol. The molecule has 3 rings (SSSR count). The van der Waals surface area contributed by atoms with Crippen LogP contribution < -0.4 is 5.73 Å². The van der Waals surface area contributed by atoms with Crippen molar-refractivity contribution in [3.8, 4) is 10.8 Å². The molecule has 0 aromatic carbocycles. The first-order chi connectivity index (χ1) is 10.8. The largest absolute Gasteiger partial charge is 0.459 e. The molecule has 1 fully saturated rings. The molecule has 0 spiro atoms. The highest BCUT2D eigenvalue weighted by atomic mass is 35.5. The van der Waals surface area contributed by atoms with Gasteiger partial charge in [-0.3, -0.25) is 4.79 Å². The number of carbonyl (C=O) groups is 1. The van der Waals surface area contributed by atoms with E-state index >= 15 is 0 Å². The van der Waals surface area contributed by atoms with Crippen LogP contribution in [-0.4, -0.2) is 34.9 Å². The van der Waals surface area contributed by atoms with E-state index in [9.17, 15) is 4.79 Å². The molecule has 1 saturated heterocycles. The molecule has 2 aromatic heterocycles. The smallest absolute Gasteiger partial charge is 0.265 e. The van der Waals surface area contributed by atoms with Gasteiger partial charge >= 0.3 is 0 Å². The maximum Gasteiger partial charge on any atom is 0.265 e. The van der Waals surface area contributed by atoms with Crippen LogP contribution in [0.5, 0.6) is 0 Å². The van der Waals surface area contributed by atoms with E-state index in [0.29, 0.717) is 18.0 Å². The Morgan fingerprint density at radius 3 is 2.60 bits per heavy atom. The molecule has 2 N–H and O–H groups in total. The fourth-order valence-electron chi connectivity index (χ4n) is 2.94. The highest BCUT2D eigenvalue weighted by Crippen LogP contribution is 2.33. The SMILES string of the molecule is Cc1ccc(-c2nc(C)c(C(=O)N3CCC(N)C(C)(C)C3)s2)o1.Cl.Cl. The second-order valence-corrected chi connectivity index (χ2v) is 7.95. The van der Waals surface area contributed by atoms with Crippen LogP contribution in [0.2, 0.25) is 0 Å². The molecular formula is C17H25Cl2N3O2S. The molecule has 0 radical (unpaired) electrons. The number of rotatable bonds is 2. The van der Waals surface area contributed by atoms with Gasteiger partial charge in [-0.15, -0.1) is 36.2 Å². The fraction of sp³-hybridized carbons (Fsp3) is 0.529. The molecule has 8 heteroatoms. The van der Waals surface area contributed by atoms with E-state index in [4.69, 9.17) is 10.2 Å². The maximum absolute atomic E-state index is 12.9. The molecule has 140 valence electrons. The zero-order valence-electron chi connectivity index (χ0n) is 14.9. The van der Waals surface area contributed by atoms with Gasteiger partial charge in [0.05, 0.1) is 5.69 Å². The molecular weight excluding hydrogens is 381 g/mol. The van der Waals surface area contributed by atoms with E-state index in [1.54, 1.807) is 0 Å². The average Bonchev–Trinajstić information content (AvgIpc) is 3.07. The molecule has 0 aliphatic carbocycles. The molecule has 1 unspecified atom stereocenters. The van der Waals surface area contributed by atoms with Gasteiger partial charge in [-0.1, -0.05) is 13.8 Å². The topological polar surface area (TPSA) is 72.4 Å². The van der Waals surface area contributed by atoms with Gasteiger partial charge in [0.2, 0.25) is 0 Å². The van der Waals surface area contributed by atoms with Crippen LogP contribution in [0.4, 0.5) is 0 Å². The number of likely N-dealkylation sites (tertiary alicyclic amines) is 1. The molecule has 0 saturated carbocycles. The average molecular weight is 406 g/mol. The summed E-state index contributed by atoms with van der Waals surface area (Å²) in [7, 11) is 0. The third-order valence-electron chi connectivity index (χ3n) is 4.54.